The van der Waals surface area contributed by atoms with Gasteiger partial charge < -0.3 is 14.8 Å². The van der Waals surface area contributed by atoms with Crippen LogP contribution in [0.4, 0.5) is 0 Å². The summed E-state index contributed by atoms with van der Waals surface area (Å²) in [5, 5.41) is 3.29. The summed E-state index contributed by atoms with van der Waals surface area (Å²) in [6.45, 7) is 2.70. The van der Waals surface area contributed by atoms with Crippen molar-refractivity contribution in [2.24, 2.45) is 5.41 Å². The first-order chi connectivity index (χ1) is 8.29. The van der Waals surface area contributed by atoms with Crippen molar-refractivity contribution >= 4 is 0 Å². The van der Waals surface area contributed by atoms with Crippen LogP contribution in [0.2, 0.25) is 0 Å². The number of nitrogens with one attached hydrogen (secondary N) is 1. The molecule has 3 nitrogen and oxygen atoms in total. The summed E-state index contributed by atoms with van der Waals surface area (Å²) in [5.41, 5.74) is 1.50. The van der Waals surface area contributed by atoms with Gasteiger partial charge in [-0.2, -0.15) is 0 Å². The molecular weight excluding hydrogens is 214 g/mol. The van der Waals surface area contributed by atoms with Gasteiger partial charge in [0.25, 0.3) is 0 Å². The van der Waals surface area contributed by atoms with Gasteiger partial charge in [-0.25, -0.2) is 0 Å². The van der Waals surface area contributed by atoms with Gasteiger partial charge in [-0.15, -0.1) is 0 Å². The molecule has 1 saturated heterocycles. The Morgan fingerprint density at radius 3 is 2.88 bits per heavy atom. The smallest absolute Gasteiger partial charge is 0.122 e. The van der Waals surface area contributed by atoms with E-state index in [-0.39, 0.29) is 5.41 Å². The standard InChI is InChI=1S/C14H21NO2/c1-15-10-14(7-8-17-11-14)9-12-5-3-4-6-13(12)16-2/h3-6,15H,7-11H2,1-2H3. The van der Waals surface area contributed by atoms with Crippen molar-refractivity contribution in [1.82, 2.24) is 5.32 Å². The molecule has 1 aliphatic rings. The van der Waals surface area contributed by atoms with Crippen molar-refractivity contribution < 1.29 is 9.47 Å². The maximum atomic E-state index is 5.58. The van der Waals surface area contributed by atoms with Crippen molar-refractivity contribution in [3.63, 3.8) is 0 Å². The van der Waals surface area contributed by atoms with Gasteiger partial charge in [0.1, 0.15) is 5.75 Å². The SMILES string of the molecule is CNCC1(Cc2ccccc2OC)CCOC1. The Kier molecular flexibility index (Phi) is 4.02. The maximum Gasteiger partial charge on any atom is 0.122 e. The van der Waals surface area contributed by atoms with Crippen molar-refractivity contribution in [3.05, 3.63) is 29.8 Å². The lowest BCUT2D eigenvalue weighted by Gasteiger charge is -2.27. The Balaban J connectivity index is 2.17. The van der Waals surface area contributed by atoms with Crippen molar-refractivity contribution in [2.45, 2.75) is 12.8 Å². The van der Waals surface area contributed by atoms with Crippen molar-refractivity contribution in [1.29, 1.82) is 0 Å². The molecule has 0 bridgehead atoms. The number of rotatable bonds is 5. The van der Waals surface area contributed by atoms with Crippen LogP contribution in [0.1, 0.15) is 12.0 Å². The Labute approximate surface area is 103 Å². The number of methoxy groups -OCH3 is 1. The molecule has 0 aliphatic carbocycles. The van der Waals surface area contributed by atoms with E-state index in [2.05, 4.69) is 17.4 Å². The van der Waals surface area contributed by atoms with E-state index in [0.29, 0.717) is 0 Å². The second-order valence-electron chi connectivity index (χ2n) is 4.82. The first kappa shape index (κ1) is 12.4. The lowest BCUT2D eigenvalue weighted by Crippen LogP contribution is -2.35. The monoisotopic (exact) mass is 235 g/mol. The average Bonchev–Trinajstić information content (AvgIpc) is 2.79. The van der Waals surface area contributed by atoms with Crippen LogP contribution in [0, 0.1) is 5.41 Å². The summed E-state index contributed by atoms with van der Waals surface area (Å²) >= 11 is 0. The predicted molar refractivity (Wildman–Crippen MR) is 68.5 cm³/mol. The highest BCUT2D eigenvalue weighted by atomic mass is 16.5. The van der Waals surface area contributed by atoms with Gasteiger partial charge in [0.15, 0.2) is 0 Å². The number of benzene rings is 1. The van der Waals surface area contributed by atoms with Crippen molar-refractivity contribution in [3.8, 4) is 5.75 Å². The van der Waals surface area contributed by atoms with E-state index in [9.17, 15) is 0 Å². The van der Waals surface area contributed by atoms with Crippen LogP contribution < -0.4 is 10.1 Å². The second-order valence-corrected chi connectivity index (χ2v) is 4.82. The van der Waals surface area contributed by atoms with E-state index in [4.69, 9.17) is 9.47 Å². The molecule has 1 N–H and O–H groups in total. The minimum atomic E-state index is 0.226. The van der Waals surface area contributed by atoms with Crippen LogP contribution in [0.3, 0.4) is 0 Å². The average molecular weight is 235 g/mol. The molecule has 1 unspecified atom stereocenters. The normalized spacial score (nSPS) is 23.9. The van der Waals surface area contributed by atoms with Gasteiger partial charge in [-0.05, 0) is 31.5 Å². The van der Waals surface area contributed by atoms with Crippen LogP contribution >= 0.6 is 0 Å². The minimum Gasteiger partial charge on any atom is -0.496 e. The minimum absolute atomic E-state index is 0.226. The molecule has 1 fully saturated rings. The first-order valence-corrected chi connectivity index (χ1v) is 6.14. The molecule has 17 heavy (non-hydrogen) atoms. The second kappa shape index (κ2) is 5.52. The first-order valence-electron chi connectivity index (χ1n) is 6.14. The quantitative estimate of drug-likeness (QED) is 0.845. The topological polar surface area (TPSA) is 30.5 Å². The van der Waals surface area contributed by atoms with Gasteiger partial charge in [0, 0.05) is 18.6 Å². The summed E-state index contributed by atoms with van der Waals surface area (Å²) in [7, 11) is 3.73. The lowest BCUT2D eigenvalue weighted by molar-refractivity contribution is 0.150. The van der Waals surface area contributed by atoms with Crippen molar-refractivity contribution in [2.75, 3.05) is 33.9 Å². The van der Waals surface area contributed by atoms with Crippen LogP contribution in [0.5, 0.6) is 5.75 Å². The Morgan fingerprint density at radius 1 is 1.41 bits per heavy atom. The predicted octanol–water partition coefficient (Wildman–Crippen LogP) is 1.86. The Bertz CT molecular complexity index is 359. The third kappa shape index (κ3) is 2.79. The third-order valence-corrected chi connectivity index (χ3v) is 3.49. The van der Waals surface area contributed by atoms with E-state index < -0.39 is 0 Å². The summed E-state index contributed by atoms with van der Waals surface area (Å²) in [6, 6.07) is 8.26. The molecule has 0 radical (unpaired) electrons. The molecule has 1 aromatic carbocycles. The molecule has 2 rings (SSSR count). The molecule has 1 atom stereocenters. The van der Waals surface area contributed by atoms with Crippen LogP contribution in [-0.4, -0.2) is 33.9 Å². The van der Waals surface area contributed by atoms with E-state index in [1.807, 2.05) is 19.2 Å². The molecule has 1 heterocycles. The maximum absolute atomic E-state index is 5.58. The van der Waals surface area contributed by atoms with Crippen LogP contribution in [-0.2, 0) is 11.2 Å². The summed E-state index contributed by atoms with van der Waals surface area (Å²) < 4.78 is 11.0. The Morgan fingerprint density at radius 2 is 2.24 bits per heavy atom. The molecule has 0 spiro atoms. The molecule has 0 amide bonds. The molecule has 0 saturated carbocycles. The third-order valence-electron chi connectivity index (χ3n) is 3.49. The number of para-hydroxylation sites is 1. The van der Waals surface area contributed by atoms with Gasteiger partial charge in [-0.3, -0.25) is 0 Å². The summed E-state index contributed by atoms with van der Waals surface area (Å²) in [6.07, 6.45) is 2.13. The van der Waals surface area contributed by atoms with E-state index in [1.54, 1.807) is 7.11 Å². The zero-order valence-corrected chi connectivity index (χ0v) is 10.7. The van der Waals surface area contributed by atoms with Crippen LogP contribution in [0.25, 0.3) is 0 Å². The van der Waals surface area contributed by atoms with Crippen LogP contribution in [0.15, 0.2) is 24.3 Å². The highest BCUT2D eigenvalue weighted by Crippen LogP contribution is 2.34. The zero-order valence-electron chi connectivity index (χ0n) is 10.7. The number of hydrogen-bond acceptors (Lipinski definition) is 3. The van der Waals surface area contributed by atoms with E-state index >= 15 is 0 Å². The highest BCUT2D eigenvalue weighted by molar-refractivity contribution is 5.34. The van der Waals surface area contributed by atoms with Gasteiger partial charge in [-0.1, -0.05) is 18.2 Å². The zero-order chi connectivity index (χ0) is 12.1. The Hall–Kier alpha value is -1.06. The fourth-order valence-corrected chi connectivity index (χ4v) is 2.62. The van der Waals surface area contributed by atoms with Gasteiger partial charge in [0.05, 0.1) is 13.7 Å². The molecule has 0 aromatic heterocycles. The highest BCUT2D eigenvalue weighted by Gasteiger charge is 2.35. The number of hydrogen-bond donors (Lipinski definition) is 1. The molecular formula is C14H21NO2. The number of ether oxygens (including phenoxy) is 2. The molecule has 3 heteroatoms. The molecule has 1 aromatic rings. The lowest BCUT2D eigenvalue weighted by atomic mass is 9.80. The molecule has 94 valence electrons. The van der Waals surface area contributed by atoms with E-state index in [0.717, 1.165) is 38.3 Å². The van der Waals surface area contributed by atoms with Gasteiger partial charge >= 0.3 is 0 Å². The fraction of sp³-hybridized carbons (Fsp3) is 0.571. The fourth-order valence-electron chi connectivity index (χ4n) is 2.62. The largest absolute Gasteiger partial charge is 0.496 e. The molecule has 1 aliphatic heterocycles. The summed E-state index contributed by atoms with van der Waals surface area (Å²) in [4.78, 5) is 0. The van der Waals surface area contributed by atoms with Gasteiger partial charge in [0.2, 0.25) is 0 Å². The summed E-state index contributed by atoms with van der Waals surface area (Å²) in [5.74, 6) is 0.981. The van der Waals surface area contributed by atoms with E-state index in [1.165, 1.54) is 5.56 Å².